The fraction of sp³-hybridized carbons (Fsp3) is 0.348. The first-order valence-electron chi connectivity index (χ1n) is 9.99. The molecule has 2 aromatic heterocycles. The molecule has 0 atom stereocenters. The lowest BCUT2D eigenvalue weighted by molar-refractivity contribution is 0.0885. The number of nitrogens with zero attached hydrogens (tertiary/aromatic N) is 2. The number of aromatic nitrogens is 2. The first-order chi connectivity index (χ1) is 14.0. The number of carbonyl (C=O) groups is 1. The third-order valence-corrected chi connectivity index (χ3v) is 5.64. The summed E-state index contributed by atoms with van der Waals surface area (Å²) in [6, 6.07) is 12.9. The first kappa shape index (κ1) is 19.2. The maximum atomic E-state index is 12.6. The smallest absolute Gasteiger partial charge is 0.268 e. The standard InChI is InChI=1S/C23H25N3O3/c1-15-12-18(27)14-22(26(15)2)23(28)25-17-5-7-19(8-6-17)29-20-9-10-21-16(13-20)4-3-11-24-21/h3-4,9-14,17,19H,5-8H2,1-2H3,(H,25,28). The normalized spacial score (nSPS) is 19.1. The minimum atomic E-state index is -0.195. The molecule has 1 N–H and O–H groups in total. The van der Waals surface area contributed by atoms with Crippen molar-refractivity contribution in [1.82, 2.24) is 14.9 Å². The van der Waals surface area contributed by atoms with Crippen molar-refractivity contribution in [2.24, 2.45) is 7.05 Å². The van der Waals surface area contributed by atoms with E-state index in [-0.39, 0.29) is 23.5 Å². The van der Waals surface area contributed by atoms with Crippen molar-refractivity contribution in [3.63, 3.8) is 0 Å². The number of amides is 1. The Bertz CT molecular complexity index is 1100. The second-order valence-electron chi connectivity index (χ2n) is 7.70. The molecular formula is C23H25N3O3. The van der Waals surface area contributed by atoms with Gasteiger partial charge >= 0.3 is 0 Å². The molecule has 0 aliphatic heterocycles. The molecule has 0 bridgehead atoms. The monoisotopic (exact) mass is 391 g/mol. The number of fused-ring (bicyclic) bond motifs is 1. The zero-order valence-electron chi connectivity index (χ0n) is 16.7. The first-order valence-corrected chi connectivity index (χ1v) is 9.99. The number of pyridine rings is 2. The number of carbonyl (C=O) groups excluding carboxylic acids is 1. The highest BCUT2D eigenvalue weighted by Gasteiger charge is 2.24. The van der Waals surface area contributed by atoms with E-state index in [1.54, 1.807) is 17.8 Å². The van der Waals surface area contributed by atoms with E-state index in [2.05, 4.69) is 10.3 Å². The van der Waals surface area contributed by atoms with Crippen LogP contribution in [0.3, 0.4) is 0 Å². The molecule has 0 radical (unpaired) electrons. The van der Waals surface area contributed by atoms with Crippen molar-refractivity contribution >= 4 is 16.8 Å². The van der Waals surface area contributed by atoms with Crippen LogP contribution in [0, 0.1) is 6.92 Å². The highest BCUT2D eigenvalue weighted by Crippen LogP contribution is 2.26. The van der Waals surface area contributed by atoms with Gasteiger partial charge in [0.1, 0.15) is 11.4 Å². The Hall–Kier alpha value is -3.15. The van der Waals surface area contributed by atoms with Gasteiger partial charge in [-0.05, 0) is 56.9 Å². The summed E-state index contributed by atoms with van der Waals surface area (Å²) in [7, 11) is 1.80. The van der Waals surface area contributed by atoms with Crippen LogP contribution >= 0.6 is 0 Å². The number of benzene rings is 1. The fourth-order valence-corrected chi connectivity index (χ4v) is 3.89. The van der Waals surface area contributed by atoms with Crippen molar-refractivity contribution in [3.05, 3.63) is 70.3 Å². The van der Waals surface area contributed by atoms with E-state index < -0.39 is 0 Å². The Morgan fingerprint density at radius 3 is 2.72 bits per heavy atom. The molecule has 1 aliphatic rings. The van der Waals surface area contributed by atoms with Gasteiger partial charge in [0, 0.05) is 42.5 Å². The molecule has 0 saturated heterocycles. The summed E-state index contributed by atoms with van der Waals surface area (Å²) < 4.78 is 7.92. The van der Waals surface area contributed by atoms with Crippen LogP contribution in [0.1, 0.15) is 41.9 Å². The molecule has 1 fully saturated rings. The summed E-state index contributed by atoms with van der Waals surface area (Å²) in [5.74, 6) is 0.660. The molecule has 29 heavy (non-hydrogen) atoms. The van der Waals surface area contributed by atoms with Gasteiger partial charge in [-0.25, -0.2) is 0 Å². The summed E-state index contributed by atoms with van der Waals surface area (Å²) in [6.45, 7) is 1.82. The maximum absolute atomic E-state index is 12.6. The van der Waals surface area contributed by atoms with E-state index in [1.807, 2.05) is 37.3 Å². The average Bonchev–Trinajstić information content (AvgIpc) is 2.72. The second-order valence-corrected chi connectivity index (χ2v) is 7.70. The van der Waals surface area contributed by atoms with Crippen molar-refractivity contribution < 1.29 is 9.53 Å². The predicted octanol–water partition coefficient (Wildman–Crippen LogP) is 3.36. The Kier molecular flexibility index (Phi) is 5.34. The van der Waals surface area contributed by atoms with Crippen molar-refractivity contribution in [2.45, 2.75) is 44.8 Å². The largest absolute Gasteiger partial charge is 0.490 e. The van der Waals surface area contributed by atoms with Crippen LogP contribution in [-0.2, 0) is 7.05 Å². The van der Waals surface area contributed by atoms with E-state index in [0.29, 0.717) is 5.69 Å². The molecule has 4 rings (SSSR count). The molecule has 6 nitrogen and oxygen atoms in total. The molecule has 1 aromatic carbocycles. The lowest BCUT2D eigenvalue weighted by Gasteiger charge is -2.29. The topological polar surface area (TPSA) is 73.2 Å². The van der Waals surface area contributed by atoms with Gasteiger partial charge in [-0.3, -0.25) is 14.6 Å². The molecule has 1 saturated carbocycles. The second kappa shape index (κ2) is 8.07. The molecule has 1 amide bonds. The van der Waals surface area contributed by atoms with Gasteiger partial charge in [0.2, 0.25) is 0 Å². The van der Waals surface area contributed by atoms with Crippen LogP contribution in [0.25, 0.3) is 10.9 Å². The van der Waals surface area contributed by atoms with Crippen molar-refractivity contribution in [1.29, 1.82) is 0 Å². The van der Waals surface area contributed by atoms with E-state index in [1.165, 1.54) is 12.1 Å². The SMILES string of the molecule is Cc1cc(=O)cc(C(=O)NC2CCC(Oc3ccc4ncccc4c3)CC2)n1C. The zero-order valence-corrected chi connectivity index (χ0v) is 16.7. The van der Waals surface area contributed by atoms with Gasteiger partial charge < -0.3 is 14.6 Å². The van der Waals surface area contributed by atoms with Crippen LogP contribution in [-0.4, -0.2) is 27.6 Å². The summed E-state index contributed by atoms with van der Waals surface area (Å²) in [5.41, 5.74) is 1.98. The van der Waals surface area contributed by atoms with Gasteiger partial charge in [0.15, 0.2) is 5.43 Å². The lowest BCUT2D eigenvalue weighted by Crippen LogP contribution is -2.41. The van der Waals surface area contributed by atoms with Gasteiger partial charge in [0.05, 0.1) is 11.6 Å². The Morgan fingerprint density at radius 2 is 1.93 bits per heavy atom. The van der Waals surface area contributed by atoms with Crippen LogP contribution in [0.2, 0.25) is 0 Å². The van der Waals surface area contributed by atoms with E-state index in [0.717, 1.165) is 48.0 Å². The van der Waals surface area contributed by atoms with E-state index in [9.17, 15) is 9.59 Å². The van der Waals surface area contributed by atoms with Crippen LogP contribution in [0.5, 0.6) is 5.75 Å². The van der Waals surface area contributed by atoms with Gasteiger partial charge in [-0.15, -0.1) is 0 Å². The zero-order chi connectivity index (χ0) is 20.4. The van der Waals surface area contributed by atoms with Crippen molar-refractivity contribution in [3.8, 4) is 5.75 Å². The number of aryl methyl sites for hydroxylation is 1. The summed E-state index contributed by atoms with van der Waals surface area (Å²) >= 11 is 0. The average molecular weight is 391 g/mol. The highest BCUT2D eigenvalue weighted by atomic mass is 16.5. The number of hydrogen-bond donors (Lipinski definition) is 1. The summed E-state index contributed by atoms with van der Waals surface area (Å²) in [5, 5.41) is 4.14. The summed E-state index contributed by atoms with van der Waals surface area (Å²) in [4.78, 5) is 28.7. The van der Waals surface area contributed by atoms with E-state index in [4.69, 9.17) is 4.74 Å². The Morgan fingerprint density at radius 1 is 1.14 bits per heavy atom. The quantitative estimate of drug-likeness (QED) is 0.740. The number of rotatable bonds is 4. The predicted molar refractivity (Wildman–Crippen MR) is 112 cm³/mol. The molecule has 150 valence electrons. The molecular weight excluding hydrogens is 366 g/mol. The molecule has 6 heteroatoms. The van der Waals surface area contributed by atoms with Gasteiger partial charge in [-0.1, -0.05) is 6.07 Å². The van der Waals surface area contributed by atoms with Crippen LogP contribution < -0.4 is 15.5 Å². The third kappa shape index (κ3) is 4.31. The molecule has 0 unspecified atom stereocenters. The van der Waals surface area contributed by atoms with Crippen LogP contribution in [0.15, 0.2) is 53.5 Å². The van der Waals surface area contributed by atoms with Gasteiger partial charge in [0.25, 0.3) is 5.91 Å². The minimum Gasteiger partial charge on any atom is -0.490 e. The number of nitrogens with one attached hydrogen (secondary N) is 1. The van der Waals surface area contributed by atoms with Gasteiger partial charge in [-0.2, -0.15) is 0 Å². The lowest BCUT2D eigenvalue weighted by atomic mass is 9.92. The number of ether oxygens (including phenoxy) is 1. The third-order valence-electron chi connectivity index (χ3n) is 5.64. The minimum absolute atomic E-state index is 0.0961. The fourth-order valence-electron chi connectivity index (χ4n) is 3.89. The molecule has 2 heterocycles. The number of hydrogen-bond acceptors (Lipinski definition) is 4. The Balaban J connectivity index is 1.34. The summed E-state index contributed by atoms with van der Waals surface area (Å²) in [6.07, 6.45) is 5.38. The molecule has 1 aliphatic carbocycles. The molecule has 3 aromatic rings. The maximum Gasteiger partial charge on any atom is 0.268 e. The van der Waals surface area contributed by atoms with E-state index >= 15 is 0 Å². The van der Waals surface area contributed by atoms with Crippen LogP contribution in [0.4, 0.5) is 0 Å². The van der Waals surface area contributed by atoms with Crippen molar-refractivity contribution in [2.75, 3.05) is 0 Å². The Labute approximate surface area is 169 Å². The molecule has 0 spiro atoms. The highest BCUT2D eigenvalue weighted by molar-refractivity contribution is 5.92.